The molecule has 0 saturated carbocycles. The van der Waals surface area contributed by atoms with Crippen LogP contribution < -0.4 is 15.5 Å². The lowest BCUT2D eigenvalue weighted by molar-refractivity contribution is -0.123. The quantitative estimate of drug-likeness (QED) is 0.908. The second-order valence-electron chi connectivity index (χ2n) is 5.62. The highest BCUT2D eigenvalue weighted by atomic mass is 16.3. The summed E-state index contributed by atoms with van der Waals surface area (Å²) < 4.78 is 5.34. The minimum absolute atomic E-state index is 0.0248. The van der Waals surface area contributed by atoms with Crippen LogP contribution in [-0.4, -0.2) is 24.4 Å². The van der Waals surface area contributed by atoms with Crippen molar-refractivity contribution in [3.63, 3.8) is 0 Å². The number of rotatable bonds is 4. The van der Waals surface area contributed by atoms with Crippen molar-refractivity contribution in [2.45, 2.75) is 25.9 Å². The van der Waals surface area contributed by atoms with Crippen LogP contribution in [0.5, 0.6) is 0 Å². The van der Waals surface area contributed by atoms with Crippen LogP contribution in [0, 0.1) is 0 Å². The molecule has 6 heteroatoms. The fraction of sp³-hybridized carbons (Fsp3) is 0.294. The molecule has 3 rings (SSSR count). The smallest absolute Gasteiger partial charge is 0.244 e. The van der Waals surface area contributed by atoms with Gasteiger partial charge in [0.1, 0.15) is 12.3 Å². The number of fused-ring (bicyclic) bond motifs is 1. The molecule has 0 saturated heterocycles. The molecule has 120 valence electrons. The molecule has 1 aromatic carbocycles. The Balaban J connectivity index is 1.76. The highest BCUT2D eigenvalue weighted by molar-refractivity contribution is 6.11. The number of para-hydroxylation sites is 2. The van der Waals surface area contributed by atoms with E-state index >= 15 is 0 Å². The monoisotopic (exact) mass is 313 g/mol. The molecule has 2 N–H and O–H groups in total. The van der Waals surface area contributed by atoms with E-state index in [1.54, 1.807) is 19.3 Å². The molecular weight excluding hydrogens is 294 g/mol. The van der Waals surface area contributed by atoms with Gasteiger partial charge in [0.15, 0.2) is 0 Å². The first kappa shape index (κ1) is 15.3. The Labute approximate surface area is 134 Å². The molecule has 23 heavy (non-hydrogen) atoms. The largest absolute Gasteiger partial charge is 0.468 e. The van der Waals surface area contributed by atoms with Crippen LogP contribution in [0.1, 0.15) is 25.6 Å². The third-order valence-electron chi connectivity index (χ3n) is 3.88. The maximum atomic E-state index is 12.8. The van der Waals surface area contributed by atoms with E-state index in [-0.39, 0.29) is 24.4 Å². The van der Waals surface area contributed by atoms with Gasteiger partial charge in [0, 0.05) is 0 Å². The van der Waals surface area contributed by atoms with Gasteiger partial charge in [-0.25, -0.2) is 0 Å². The predicted octanol–water partition coefficient (Wildman–Crippen LogP) is 2.30. The summed E-state index contributed by atoms with van der Waals surface area (Å²) in [6.45, 7) is 3.74. The van der Waals surface area contributed by atoms with Crippen molar-refractivity contribution in [2.75, 3.05) is 16.8 Å². The second kappa shape index (κ2) is 6.26. The number of nitrogens with one attached hydrogen (secondary N) is 2. The highest BCUT2D eigenvalue weighted by Crippen LogP contribution is 2.29. The van der Waals surface area contributed by atoms with Gasteiger partial charge in [-0.15, -0.1) is 0 Å². The molecule has 0 fully saturated rings. The Hall–Kier alpha value is -2.60. The normalized spacial score (nSPS) is 16.4. The number of carbonyl (C=O) groups excluding carboxylic acids is 2. The summed E-state index contributed by atoms with van der Waals surface area (Å²) in [4.78, 5) is 26.1. The van der Waals surface area contributed by atoms with E-state index in [9.17, 15) is 9.59 Å². The summed E-state index contributed by atoms with van der Waals surface area (Å²) in [5.41, 5.74) is 1.37. The van der Waals surface area contributed by atoms with E-state index < -0.39 is 6.04 Å². The number of furan rings is 1. The molecule has 0 bridgehead atoms. The van der Waals surface area contributed by atoms with Crippen molar-refractivity contribution >= 4 is 23.2 Å². The summed E-state index contributed by atoms with van der Waals surface area (Å²) in [5.74, 6) is 0.426. The molecule has 0 spiro atoms. The minimum Gasteiger partial charge on any atom is -0.468 e. The maximum Gasteiger partial charge on any atom is 0.244 e. The molecule has 0 aliphatic carbocycles. The number of amides is 2. The minimum atomic E-state index is -0.450. The van der Waals surface area contributed by atoms with Crippen LogP contribution >= 0.6 is 0 Å². The first-order valence-corrected chi connectivity index (χ1v) is 7.56. The average molecular weight is 313 g/mol. The molecule has 2 heterocycles. The average Bonchev–Trinajstić information content (AvgIpc) is 3.07. The topological polar surface area (TPSA) is 74.6 Å². The number of hydrogen-bond acceptors (Lipinski definition) is 4. The van der Waals surface area contributed by atoms with Crippen LogP contribution in [0.4, 0.5) is 11.4 Å². The molecule has 2 amide bonds. The molecule has 0 radical (unpaired) electrons. The maximum absolute atomic E-state index is 12.8. The summed E-state index contributed by atoms with van der Waals surface area (Å²) in [7, 11) is 0. The van der Waals surface area contributed by atoms with Crippen LogP contribution in [-0.2, 0) is 9.59 Å². The van der Waals surface area contributed by atoms with E-state index in [0.717, 1.165) is 11.4 Å². The van der Waals surface area contributed by atoms with Crippen molar-refractivity contribution in [3.8, 4) is 0 Å². The number of hydrogen-bond donors (Lipinski definition) is 2. The van der Waals surface area contributed by atoms with Gasteiger partial charge in [-0.05, 0) is 38.1 Å². The Morgan fingerprint density at radius 1 is 1.26 bits per heavy atom. The molecule has 0 unspecified atom stereocenters. The first-order chi connectivity index (χ1) is 11.1. The first-order valence-electron chi connectivity index (χ1n) is 7.56. The summed E-state index contributed by atoms with van der Waals surface area (Å²) >= 11 is 0. The lowest BCUT2D eigenvalue weighted by Crippen LogP contribution is -2.50. The van der Waals surface area contributed by atoms with Crippen molar-refractivity contribution in [1.82, 2.24) is 5.32 Å². The molecule has 6 nitrogen and oxygen atoms in total. The standard InChI is InChI=1S/C17H19N3O3/c1-11(15-8-5-9-23-15)18-12(2)17(22)20-10-16(21)19-13-6-3-4-7-14(13)20/h3-9,11-12,18H,10H2,1-2H3,(H,19,21)/t11-,12-/m0/s1. The van der Waals surface area contributed by atoms with Gasteiger partial charge < -0.3 is 9.73 Å². The number of nitrogens with zero attached hydrogens (tertiary/aromatic N) is 1. The van der Waals surface area contributed by atoms with Crippen LogP contribution in [0.15, 0.2) is 47.1 Å². The van der Waals surface area contributed by atoms with Gasteiger partial charge in [-0.1, -0.05) is 12.1 Å². The molecule has 1 aliphatic heterocycles. The summed E-state index contributed by atoms with van der Waals surface area (Å²) in [6, 6.07) is 10.4. The van der Waals surface area contributed by atoms with Crippen molar-refractivity contribution in [3.05, 3.63) is 48.4 Å². The molecule has 2 aromatic rings. The Bertz CT molecular complexity index is 712. The van der Waals surface area contributed by atoms with Crippen LogP contribution in [0.2, 0.25) is 0 Å². The second-order valence-corrected chi connectivity index (χ2v) is 5.62. The fourth-order valence-corrected chi connectivity index (χ4v) is 2.73. The zero-order valence-electron chi connectivity index (χ0n) is 13.1. The van der Waals surface area contributed by atoms with Gasteiger partial charge in [0.05, 0.1) is 29.7 Å². The SMILES string of the molecule is C[C@H](N[C@@H](C)c1ccco1)C(=O)N1CC(=O)Nc2ccccc21. The van der Waals surface area contributed by atoms with Gasteiger partial charge in [-0.3, -0.25) is 19.8 Å². The van der Waals surface area contributed by atoms with E-state index in [4.69, 9.17) is 4.42 Å². The van der Waals surface area contributed by atoms with Gasteiger partial charge in [-0.2, -0.15) is 0 Å². The Morgan fingerprint density at radius 2 is 2.04 bits per heavy atom. The van der Waals surface area contributed by atoms with Crippen molar-refractivity contribution in [1.29, 1.82) is 0 Å². The van der Waals surface area contributed by atoms with Gasteiger partial charge in [0.25, 0.3) is 0 Å². The third-order valence-corrected chi connectivity index (χ3v) is 3.88. The summed E-state index contributed by atoms with van der Waals surface area (Å²) in [6.07, 6.45) is 1.60. The van der Waals surface area contributed by atoms with Crippen LogP contribution in [0.25, 0.3) is 0 Å². The fourth-order valence-electron chi connectivity index (χ4n) is 2.73. The number of anilines is 2. The van der Waals surface area contributed by atoms with Crippen molar-refractivity contribution in [2.24, 2.45) is 0 Å². The lowest BCUT2D eigenvalue weighted by Gasteiger charge is -2.31. The van der Waals surface area contributed by atoms with E-state index in [1.807, 2.05) is 37.3 Å². The van der Waals surface area contributed by atoms with Crippen molar-refractivity contribution < 1.29 is 14.0 Å². The third kappa shape index (κ3) is 3.12. The Morgan fingerprint density at radius 3 is 2.78 bits per heavy atom. The Kier molecular flexibility index (Phi) is 4.16. The molecule has 1 aliphatic rings. The zero-order chi connectivity index (χ0) is 16.4. The summed E-state index contributed by atoms with van der Waals surface area (Å²) in [5, 5.41) is 5.99. The highest BCUT2D eigenvalue weighted by Gasteiger charge is 2.30. The van der Waals surface area contributed by atoms with Crippen LogP contribution in [0.3, 0.4) is 0 Å². The molecule has 1 aromatic heterocycles. The van der Waals surface area contributed by atoms with E-state index in [2.05, 4.69) is 10.6 Å². The van der Waals surface area contributed by atoms with E-state index in [1.165, 1.54) is 4.90 Å². The molecular formula is C17H19N3O3. The lowest BCUT2D eigenvalue weighted by atomic mass is 10.1. The number of carbonyl (C=O) groups is 2. The zero-order valence-corrected chi connectivity index (χ0v) is 13.1. The predicted molar refractivity (Wildman–Crippen MR) is 87.1 cm³/mol. The van der Waals surface area contributed by atoms with E-state index in [0.29, 0.717) is 5.69 Å². The molecule has 2 atom stereocenters. The van der Waals surface area contributed by atoms with Gasteiger partial charge in [0.2, 0.25) is 11.8 Å². The van der Waals surface area contributed by atoms with Gasteiger partial charge >= 0.3 is 0 Å². The number of benzene rings is 1.